The van der Waals surface area contributed by atoms with Gasteiger partial charge in [-0.15, -0.1) is 11.3 Å². The first kappa shape index (κ1) is 21.3. The van der Waals surface area contributed by atoms with Crippen LogP contribution in [0, 0.1) is 12.7 Å². The topological polar surface area (TPSA) is 75.5 Å². The van der Waals surface area contributed by atoms with Crippen molar-refractivity contribution in [2.45, 2.75) is 30.4 Å². The van der Waals surface area contributed by atoms with Crippen molar-refractivity contribution in [2.75, 3.05) is 26.2 Å². The Balaban J connectivity index is 1.36. The van der Waals surface area contributed by atoms with Gasteiger partial charge in [0.05, 0.1) is 0 Å². The van der Waals surface area contributed by atoms with Crippen LogP contribution in [0.15, 0.2) is 40.6 Å². The molecule has 1 fully saturated rings. The molecule has 0 radical (unpaired) electrons. The van der Waals surface area contributed by atoms with Crippen molar-refractivity contribution < 1.29 is 17.6 Å². The molecule has 1 aliphatic heterocycles. The lowest BCUT2D eigenvalue weighted by atomic mass is 10.1. The van der Waals surface area contributed by atoms with Crippen LogP contribution < -0.4 is 0 Å². The van der Waals surface area contributed by atoms with E-state index < -0.39 is 10.0 Å². The van der Waals surface area contributed by atoms with Crippen molar-refractivity contribution in [2.24, 2.45) is 0 Å². The number of carbonyl (C=O) groups is 1. The molecule has 1 amide bonds. The highest BCUT2D eigenvalue weighted by Crippen LogP contribution is 2.30. The van der Waals surface area contributed by atoms with Crippen LogP contribution in [-0.2, 0) is 22.9 Å². The van der Waals surface area contributed by atoms with Gasteiger partial charge < -0.3 is 4.90 Å². The van der Waals surface area contributed by atoms with E-state index in [2.05, 4.69) is 5.10 Å². The molecule has 0 saturated carbocycles. The van der Waals surface area contributed by atoms with E-state index in [-0.39, 0.29) is 24.8 Å². The monoisotopic (exact) mass is 474 g/mol. The summed E-state index contributed by atoms with van der Waals surface area (Å²) in [5.41, 5.74) is 2.45. The molecular weight excluding hydrogens is 451 g/mol. The SMILES string of the molecule is Cc1ccc(S(=O)(=O)N2CCN(C(=O)c3nn(-c4ccccc4F)c4c3CCC4)CC2)s1. The lowest BCUT2D eigenvalue weighted by Gasteiger charge is -2.33. The Kier molecular flexibility index (Phi) is 5.39. The van der Waals surface area contributed by atoms with Gasteiger partial charge in [0.2, 0.25) is 0 Å². The summed E-state index contributed by atoms with van der Waals surface area (Å²) in [6, 6.07) is 9.84. The second-order valence-electron chi connectivity index (χ2n) is 8.05. The fourth-order valence-electron chi connectivity index (χ4n) is 4.39. The number of carbonyl (C=O) groups excluding carboxylic acids is 1. The second-order valence-corrected chi connectivity index (χ2v) is 11.5. The van der Waals surface area contributed by atoms with Crippen molar-refractivity contribution in [3.8, 4) is 5.69 Å². The van der Waals surface area contributed by atoms with Crippen molar-refractivity contribution in [3.63, 3.8) is 0 Å². The summed E-state index contributed by atoms with van der Waals surface area (Å²) in [5.74, 6) is -0.603. The van der Waals surface area contributed by atoms with E-state index in [9.17, 15) is 17.6 Å². The van der Waals surface area contributed by atoms with Gasteiger partial charge in [-0.3, -0.25) is 4.79 Å². The third-order valence-corrected chi connectivity index (χ3v) is 9.42. The number of nitrogens with zero attached hydrogens (tertiary/aromatic N) is 4. The standard InChI is InChI=1S/C22H23FN4O3S2/c1-15-9-10-20(31-15)32(29,30)26-13-11-25(12-14-26)22(28)21-16-5-4-8-18(16)27(24-21)19-7-3-2-6-17(19)23/h2-3,6-7,9-10H,4-5,8,11-14H2,1H3. The first-order valence-electron chi connectivity index (χ1n) is 10.6. The Hall–Kier alpha value is -2.56. The van der Waals surface area contributed by atoms with Gasteiger partial charge in [0.15, 0.2) is 5.69 Å². The molecule has 3 aromatic rings. The number of aryl methyl sites for hydroxylation is 1. The van der Waals surface area contributed by atoms with E-state index in [4.69, 9.17) is 0 Å². The Morgan fingerprint density at radius 1 is 1.06 bits per heavy atom. The molecule has 168 valence electrons. The first-order valence-corrected chi connectivity index (χ1v) is 12.8. The van der Waals surface area contributed by atoms with E-state index in [0.29, 0.717) is 28.7 Å². The van der Waals surface area contributed by atoms with Gasteiger partial charge in [0.1, 0.15) is 15.7 Å². The highest BCUT2D eigenvalue weighted by atomic mass is 32.2. The van der Waals surface area contributed by atoms with Crippen molar-refractivity contribution in [1.29, 1.82) is 0 Å². The normalized spacial score (nSPS) is 17.0. The zero-order valence-electron chi connectivity index (χ0n) is 17.6. The number of rotatable bonds is 4. The molecule has 0 atom stereocenters. The van der Waals surface area contributed by atoms with Crippen molar-refractivity contribution >= 4 is 27.3 Å². The molecule has 0 unspecified atom stereocenters. The van der Waals surface area contributed by atoms with Crippen LogP contribution in [0.4, 0.5) is 4.39 Å². The molecule has 1 aromatic carbocycles. The van der Waals surface area contributed by atoms with E-state index in [1.54, 1.807) is 39.9 Å². The molecule has 1 aliphatic carbocycles. The Bertz CT molecular complexity index is 1290. The predicted octanol–water partition coefficient (Wildman–Crippen LogP) is 3.02. The molecule has 2 aromatic heterocycles. The number of aromatic nitrogens is 2. The third-order valence-electron chi connectivity index (χ3n) is 6.05. The molecule has 0 N–H and O–H groups in total. The van der Waals surface area contributed by atoms with E-state index in [0.717, 1.165) is 35.4 Å². The quantitative estimate of drug-likeness (QED) is 0.583. The van der Waals surface area contributed by atoms with Crippen LogP contribution in [0.1, 0.15) is 33.0 Å². The minimum absolute atomic E-state index is 0.220. The number of fused-ring (bicyclic) bond motifs is 1. The smallest absolute Gasteiger partial charge is 0.274 e. The molecular formula is C22H23FN4O3S2. The van der Waals surface area contributed by atoms with Crippen LogP contribution in [0.3, 0.4) is 0 Å². The van der Waals surface area contributed by atoms with Crippen molar-refractivity contribution in [3.05, 3.63) is 64.0 Å². The fourth-order valence-corrected chi connectivity index (χ4v) is 7.25. The molecule has 3 heterocycles. The minimum Gasteiger partial charge on any atom is -0.335 e. The predicted molar refractivity (Wildman–Crippen MR) is 119 cm³/mol. The number of amides is 1. The number of benzene rings is 1. The average molecular weight is 475 g/mol. The number of piperazine rings is 1. The van der Waals surface area contributed by atoms with Gasteiger partial charge in [0, 0.05) is 42.3 Å². The Labute approximate surface area is 190 Å². The van der Waals surface area contributed by atoms with Crippen LogP contribution in [0.5, 0.6) is 0 Å². The lowest BCUT2D eigenvalue weighted by Crippen LogP contribution is -2.50. The number of thiophene rings is 1. The molecule has 7 nitrogen and oxygen atoms in total. The largest absolute Gasteiger partial charge is 0.335 e. The maximum atomic E-state index is 14.4. The fraction of sp³-hybridized carbons (Fsp3) is 0.364. The van der Waals surface area contributed by atoms with Gasteiger partial charge in [-0.25, -0.2) is 17.5 Å². The van der Waals surface area contributed by atoms with E-state index >= 15 is 0 Å². The lowest BCUT2D eigenvalue weighted by molar-refractivity contribution is 0.0690. The highest BCUT2D eigenvalue weighted by molar-refractivity contribution is 7.91. The number of sulfonamides is 1. The Morgan fingerprint density at radius 2 is 1.81 bits per heavy atom. The third kappa shape index (κ3) is 3.56. The maximum Gasteiger partial charge on any atom is 0.274 e. The molecule has 5 rings (SSSR count). The molecule has 0 bridgehead atoms. The molecule has 32 heavy (non-hydrogen) atoms. The van der Waals surface area contributed by atoms with Crippen LogP contribution in [0.2, 0.25) is 0 Å². The van der Waals surface area contributed by atoms with Crippen LogP contribution >= 0.6 is 11.3 Å². The summed E-state index contributed by atoms with van der Waals surface area (Å²) < 4.78 is 43.5. The number of halogens is 1. The average Bonchev–Trinajstić information content (AvgIpc) is 3.51. The summed E-state index contributed by atoms with van der Waals surface area (Å²) in [5, 5.41) is 4.51. The van der Waals surface area contributed by atoms with Crippen LogP contribution in [0.25, 0.3) is 5.69 Å². The summed E-state index contributed by atoms with van der Waals surface area (Å²) in [6.45, 7) is 2.94. The summed E-state index contributed by atoms with van der Waals surface area (Å²) >= 11 is 1.25. The molecule has 0 spiro atoms. The van der Waals surface area contributed by atoms with Gasteiger partial charge in [-0.2, -0.15) is 9.40 Å². The number of hydrogen-bond acceptors (Lipinski definition) is 5. The first-order chi connectivity index (χ1) is 15.4. The maximum absolute atomic E-state index is 14.4. The Morgan fingerprint density at radius 3 is 2.50 bits per heavy atom. The minimum atomic E-state index is -3.55. The van der Waals surface area contributed by atoms with Gasteiger partial charge in [-0.05, 0) is 50.5 Å². The summed E-state index contributed by atoms with van der Waals surface area (Å²) in [6.07, 6.45) is 2.38. The summed E-state index contributed by atoms with van der Waals surface area (Å²) in [7, 11) is -3.55. The van der Waals surface area contributed by atoms with Gasteiger partial charge in [-0.1, -0.05) is 12.1 Å². The van der Waals surface area contributed by atoms with Gasteiger partial charge >= 0.3 is 0 Å². The number of hydrogen-bond donors (Lipinski definition) is 0. The zero-order valence-corrected chi connectivity index (χ0v) is 19.3. The van der Waals surface area contributed by atoms with Crippen LogP contribution in [-0.4, -0.2) is 59.5 Å². The second kappa shape index (κ2) is 8.09. The van der Waals surface area contributed by atoms with Gasteiger partial charge in [0.25, 0.3) is 15.9 Å². The summed E-state index contributed by atoms with van der Waals surface area (Å²) in [4.78, 5) is 15.9. The number of para-hydroxylation sites is 1. The zero-order chi connectivity index (χ0) is 22.5. The van der Waals surface area contributed by atoms with Crippen molar-refractivity contribution in [1.82, 2.24) is 19.0 Å². The molecule has 10 heteroatoms. The van der Waals surface area contributed by atoms with E-state index in [1.807, 2.05) is 6.92 Å². The highest BCUT2D eigenvalue weighted by Gasteiger charge is 2.34. The molecule has 1 saturated heterocycles. The van der Waals surface area contributed by atoms with E-state index in [1.165, 1.54) is 21.7 Å². The molecule has 2 aliphatic rings.